The lowest BCUT2D eigenvalue weighted by Crippen LogP contribution is -2.43. The Balaban J connectivity index is 2.10. The largest absolute Gasteiger partial charge is 0.328 e. The fraction of sp³-hybridized carbons (Fsp3) is 0.222. The van der Waals surface area contributed by atoms with Gasteiger partial charge in [0.05, 0.1) is 5.02 Å². The molecule has 2 aromatic carbocycles. The van der Waals surface area contributed by atoms with Crippen LogP contribution in [0.15, 0.2) is 48.5 Å². The average molecular weight is 349 g/mol. The Kier molecular flexibility index (Phi) is 5.93. The summed E-state index contributed by atoms with van der Waals surface area (Å²) in [6, 6.07) is 13.0. The van der Waals surface area contributed by atoms with Crippen molar-refractivity contribution in [3.63, 3.8) is 0 Å². The molecular formula is C18H18ClFN2O2. The number of nitrogens with one attached hydrogen (secondary N) is 1. The van der Waals surface area contributed by atoms with Crippen LogP contribution in [0.2, 0.25) is 5.02 Å². The van der Waals surface area contributed by atoms with Crippen LogP contribution in [0, 0.1) is 5.82 Å². The number of rotatable bonds is 4. The van der Waals surface area contributed by atoms with Crippen LogP contribution >= 0.6 is 11.6 Å². The van der Waals surface area contributed by atoms with E-state index < -0.39 is 17.6 Å². The summed E-state index contributed by atoms with van der Waals surface area (Å²) in [4.78, 5) is 26.1. The third kappa shape index (κ3) is 4.55. The number of carbonyl (C=O) groups excluding carboxylic acids is 2. The van der Waals surface area contributed by atoms with Gasteiger partial charge in [-0.15, -0.1) is 0 Å². The zero-order valence-corrected chi connectivity index (χ0v) is 14.2. The average Bonchev–Trinajstić information content (AvgIpc) is 2.56. The Morgan fingerprint density at radius 3 is 2.42 bits per heavy atom. The van der Waals surface area contributed by atoms with Gasteiger partial charge in [0.15, 0.2) is 0 Å². The Labute approximate surface area is 145 Å². The Hall–Kier alpha value is -2.40. The normalized spacial score (nSPS) is 10.5. The van der Waals surface area contributed by atoms with Gasteiger partial charge in [0.1, 0.15) is 5.82 Å². The van der Waals surface area contributed by atoms with Crippen LogP contribution in [0.5, 0.6) is 0 Å². The van der Waals surface area contributed by atoms with Gasteiger partial charge in [-0.05, 0) is 37.6 Å². The van der Waals surface area contributed by atoms with E-state index in [9.17, 15) is 14.0 Å². The van der Waals surface area contributed by atoms with Crippen LogP contribution in [0.4, 0.5) is 10.1 Å². The molecule has 0 aliphatic rings. The van der Waals surface area contributed by atoms with Gasteiger partial charge in [-0.1, -0.05) is 41.9 Å². The van der Waals surface area contributed by atoms with Crippen molar-refractivity contribution in [3.05, 3.63) is 64.9 Å². The van der Waals surface area contributed by atoms with E-state index in [1.807, 2.05) is 44.2 Å². The Bertz CT molecular complexity index is 735. The van der Waals surface area contributed by atoms with Gasteiger partial charge in [0, 0.05) is 18.3 Å². The standard InChI is InChI=1S/C18H18ClFN2O2/c1-12(2)22(11-13-6-4-3-5-7-13)18(24)17(23)21-14-8-9-16(20)15(19)10-14/h3-10,12H,11H2,1-2H3,(H,21,23). The predicted molar refractivity (Wildman–Crippen MR) is 92.2 cm³/mol. The summed E-state index contributed by atoms with van der Waals surface area (Å²) >= 11 is 5.68. The summed E-state index contributed by atoms with van der Waals surface area (Å²) < 4.78 is 13.2. The first-order valence-electron chi connectivity index (χ1n) is 7.49. The SMILES string of the molecule is CC(C)N(Cc1ccccc1)C(=O)C(=O)Nc1ccc(F)c(Cl)c1. The van der Waals surface area contributed by atoms with Gasteiger partial charge in [-0.3, -0.25) is 9.59 Å². The maximum atomic E-state index is 13.2. The molecule has 0 saturated carbocycles. The lowest BCUT2D eigenvalue weighted by atomic mass is 10.2. The lowest BCUT2D eigenvalue weighted by Gasteiger charge is -2.26. The van der Waals surface area contributed by atoms with Gasteiger partial charge in [-0.25, -0.2) is 4.39 Å². The van der Waals surface area contributed by atoms with E-state index in [1.165, 1.54) is 17.0 Å². The molecule has 4 nitrogen and oxygen atoms in total. The fourth-order valence-corrected chi connectivity index (χ4v) is 2.34. The molecule has 24 heavy (non-hydrogen) atoms. The van der Waals surface area contributed by atoms with E-state index in [1.54, 1.807) is 0 Å². The number of benzene rings is 2. The van der Waals surface area contributed by atoms with Crippen molar-refractivity contribution < 1.29 is 14.0 Å². The molecule has 0 aromatic heterocycles. The summed E-state index contributed by atoms with van der Waals surface area (Å²) in [5, 5.41) is 2.33. The minimum absolute atomic E-state index is 0.120. The second-order valence-corrected chi connectivity index (χ2v) is 6.00. The Morgan fingerprint density at radius 1 is 1.17 bits per heavy atom. The van der Waals surface area contributed by atoms with Crippen LogP contribution in [0.3, 0.4) is 0 Å². The zero-order valence-electron chi connectivity index (χ0n) is 13.4. The molecular weight excluding hydrogens is 331 g/mol. The van der Waals surface area contributed by atoms with Crippen LogP contribution in [0.25, 0.3) is 0 Å². The van der Waals surface area contributed by atoms with Crippen molar-refractivity contribution >= 4 is 29.1 Å². The third-order valence-corrected chi connectivity index (χ3v) is 3.74. The van der Waals surface area contributed by atoms with E-state index in [0.717, 1.165) is 11.6 Å². The quantitative estimate of drug-likeness (QED) is 0.853. The predicted octanol–water partition coefficient (Wildman–Crippen LogP) is 3.85. The molecule has 2 amide bonds. The molecule has 126 valence electrons. The second kappa shape index (κ2) is 7.93. The highest BCUT2D eigenvalue weighted by Crippen LogP contribution is 2.19. The minimum atomic E-state index is -0.790. The van der Waals surface area contributed by atoms with Crippen molar-refractivity contribution in [1.82, 2.24) is 4.90 Å². The lowest BCUT2D eigenvalue weighted by molar-refractivity contribution is -0.144. The molecule has 0 unspecified atom stereocenters. The highest BCUT2D eigenvalue weighted by molar-refractivity contribution is 6.39. The number of carbonyl (C=O) groups is 2. The van der Waals surface area contributed by atoms with E-state index >= 15 is 0 Å². The molecule has 2 aromatic rings. The smallest absolute Gasteiger partial charge is 0.313 e. The van der Waals surface area contributed by atoms with E-state index in [0.29, 0.717) is 6.54 Å². The minimum Gasteiger partial charge on any atom is -0.328 e. The molecule has 0 bridgehead atoms. The fourth-order valence-electron chi connectivity index (χ4n) is 2.16. The molecule has 0 aliphatic heterocycles. The molecule has 6 heteroatoms. The van der Waals surface area contributed by atoms with Crippen molar-refractivity contribution in [2.75, 3.05) is 5.32 Å². The number of amides is 2. The van der Waals surface area contributed by atoms with Gasteiger partial charge in [0.25, 0.3) is 0 Å². The molecule has 0 heterocycles. The third-order valence-electron chi connectivity index (χ3n) is 3.45. The maximum absolute atomic E-state index is 13.2. The topological polar surface area (TPSA) is 49.4 Å². The zero-order chi connectivity index (χ0) is 17.7. The van der Waals surface area contributed by atoms with Crippen molar-refractivity contribution in [2.45, 2.75) is 26.4 Å². The maximum Gasteiger partial charge on any atom is 0.313 e. The molecule has 0 spiro atoms. The molecule has 2 rings (SSSR count). The molecule has 0 aliphatic carbocycles. The first kappa shape index (κ1) is 17.9. The van der Waals surface area contributed by atoms with E-state index in [4.69, 9.17) is 11.6 Å². The van der Waals surface area contributed by atoms with Crippen LogP contribution < -0.4 is 5.32 Å². The highest BCUT2D eigenvalue weighted by Gasteiger charge is 2.24. The summed E-state index contributed by atoms with van der Waals surface area (Å²) in [5.41, 5.74) is 1.19. The van der Waals surface area contributed by atoms with Gasteiger partial charge in [-0.2, -0.15) is 0 Å². The number of hydrogen-bond donors (Lipinski definition) is 1. The van der Waals surface area contributed by atoms with Gasteiger partial charge in [0.2, 0.25) is 0 Å². The summed E-state index contributed by atoms with van der Waals surface area (Å²) in [6.07, 6.45) is 0. The van der Waals surface area contributed by atoms with Crippen LogP contribution in [-0.2, 0) is 16.1 Å². The number of anilines is 1. The Morgan fingerprint density at radius 2 is 1.83 bits per heavy atom. The first-order chi connectivity index (χ1) is 11.4. The van der Waals surface area contributed by atoms with Gasteiger partial charge < -0.3 is 10.2 Å². The number of hydrogen-bond acceptors (Lipinski definition) is 2. The van der Waals surface area contributed by atoms with E-state index in [2.05, 4.69) is 5.32 Å². The summed E-state index contributed by atoms with van der Waals surface area (Å²) in [5.74, 6) is -2.04. The number of nitrogens with zero attached hydrogens (tertiary/aromatic N) is 1. The molecule has 0 saturated heterocycles. The van der Waals surface area contributed by atoms with Crippen molar-refractivity contribution in [3.8, 4) is 0 Å². The molecule has 0 atom stereocenters. The summed E-state index contributed by atoms with van der Waals surface area (Å²) in [7, 11) is 0. The van der Waals surface area contributed by atoms with Crippen LogP contribution in [-0.4, -0.2) is 22.8 Å². The van der Waals surface area contributed by atoms with Crippen molar-refractivity contribution in [2.24, 2.45) is 0 Å². The second-order valence-electron chi connectivity index (χ2n) is 5.60. The molecule has 1 N–H and O–H groups in total. The number of halogens is 2. The summed E-state index contributed by atoms with van der Waals surface area (Å²) in [6.45, 7) is 4.00. The van der Waals surface area contributed by atoms with Gasteiger partial charge >= 0.3 is 11.8 Å². The highest BCUT2D eigenvalue weighted by atomic mass is 35.5. The monoisotopic (exact) mass is 348 g/mol. The molecule has 0 radical (unpaired) electrons. The molecule has 0 fully saturated rings. The first-order valence-corrected chi connectivity index (χ1v) is 7.87. The van der Waals surface area contributed by atoms with Crippen LogP contribution in [0.1, 0.15) is 19.4 Å². The van der Waals surface area contributed by atoms with Crippen molar-refractivity contribution in [1.29, 1.82) is 0 Å². The van der Waals surface area contributed by atoms with E-state index in [-0.39, 0.29) is 16.8 Å².